The molecule has 21 heavy (non-hydrogen) atoms. The minimum Gasteiger partial charge on any atom is -0.480 e. The Morgan fingerprint density at radius 3 is 2.24 bits per heavy atom. The molecular weight excluding hydrogens is 270 g/mol. The van der Waals surface area contributed by atoms with Gasteiger partial charge in [0.15, 0.2) is 0 Å². The predicted octanol–water partition coefficient (Wildman–Crippen LogP) is 1.66. The third-order valence-corrected chi connectivity index (χ3v) is 3.67. The van der Waals surface area contributed by atoms with E-state index in [4.69, 9.17) is 5.11 Å². The monoisotopic (exact) mass is 299 g/mol. The van der Waals surface area contributed by atoms with Gasteiger partial charge in [-0.05, 0) is 45.2 Å². The van der Waals surface area contributed by atoms with Crippen LogP contribution < -0.4 is 10.6 Å². The molecule has 6 heteroatoms. The zero-order chi connectivity index (χ0) is 15.8. The number of carbonyl (C=O) groups excluding carboxylic acids is 1. The van der Waals surface area contributed by atoms with Crippen molar-refractivity contribution in [2.45, 2.75) is 58.5 Å². The van der Waals surface area contributed by atoms with Crippen molar-refractivity contribution in [3.63, 3.8) is 0 Å². The van der Waals surface area contributed by atoms with Crippen molar-refractivity contribution >= 4 is 12.0 Å². The van der Waals surface area contributed by atoms with Gasteiger partial charge in [-0.15, -0.1) is 0 Å². The molecule has 6 nitrogen and oxygen atoms in total. The molecule has 1 unspecified atom stereocenters. The molecule has 1 saturated heterocycles. The maximum Gasteiger partial charge on any atom is 0.326 e. The lowest BCUT2D eigenvalue weighted by atomic mass is 10.0. The largest absolute Gasteiger partial charge is 0.480 e. The summed E-state index contributed by atoms with van der Waals surface area (Å²) >= 11 is 0. The van der Waals surface area contributed by atoms with Gasteiger partial charge in [0.1, 0.15) is 6.04 Å². The van der Waals surface area contributed by atoms with E-state index in [1.807, 2.05) is 20.8 Å². The molecule has 0 aromatic carbocycles. The zero-order valence-electron chi connectivity index (χ0n) is 13.4. The first kappa shape index (κ1) is 17.8. The second-order valence-electron chi connectivity index (χ2n) is 6.40. The van der Waals surface area contributed by atoms with E-state index in [9.17, 15) is 9.59 Å². The summed E-state index contributed by atoms with van der Waals surface area (Å²) in [4.78, 5) is 25.4. The lowest BCUT2D eigenvalue weighted by Gasteiger charge is -2.29. The molecular formula is C15H29N3O3. The van der Waals surface area contributed by atoms with E-state index < -0.39 is 18.0 Å². The van der Waals surface area contributed by atoms with Crippen LogP contribution >= 0.6 is 0 Å². The van der Waals surface area contributed by atoms with Gasteiger partial charge in [0.05, 0.1) is 0 Å². The molecule has 0 aliphatic carbocycles. The van der Waals surface area contributed by atoms with Crippen LogP contribution in [0.15, 0.2) is 0 Å². The molecule has 1 aliphatic heterocycles. The molecule has 0 aromatic rings. The number of carboxylic acid groups (broad SMARTS) is 1. The van der Waals surface area contributed by atoms with Gasteiger partial charge < -0.3 is 20.6 Å². The Labute approximate surface area is 127 Å². The summed E-state index contributed by atoms with van der Waals surface area (Å²) in [7, 11) is 0. The highest BCUT2D eigenvalue weighted by atomic mass is 16.4. The fraction of sp³-hybridized carbons (Fsp3) is 0.867. The van der Waals surface area contributed by atoms with Gasteiger partial charge in [-0.25, -0.2) is 9.59 Å². The molecule has 1 rings (SSSR count). The number of carbonyl (C=O) groups is 2. The van der Waals surface area contributed by atoms with E-state index in [0.29, 0.717) is 6.42 Å². The number of carboxylic acids is 1. The number of nitrogens with one attached hydrogen (secondary N) is 2. The summed E-state index contributed by atoms with van der Waals surface area (Å²) in [6, 6.07) is -1.21. The quantitative estimate of drug-likeness (QED) is 0.668. The van der Waals surface area contributed by atoms with Gasteiger partial charge >= 0.3 is 12.0 Å². The molecule has 3 N–H and O–H groups in total. The summed E-state index contributed by atoms with van der Waals surface area (Å²) in [5.41, 5.74) is 0. The molecule has 1 fully saturated rings. The Hall–Kier alpha value is -1.30. The van der Waals surface area contributed by atoms with Crippen LogP contribution in [-0.4, -0.2) is 53.7 Å². The smallest absolute Gasteiger partial charge is 0.326 e. The molecule has 2 amide bonds. The topological polar surface area (TPSA) is 81.7 Å². The first-order valence-corrected chi connectivity index (χ1v) is 7.90. The van der Waals surface area contributed by atoms with Gasteiger partial charge in [0, 0.05) is 12.6 Å². The Balaban J connectivity index is 2.34. The summed E-state index contributed by atoms with van der Waals surface area (Å²) < 4.78 is 0. The normalized spacial score (nSPS) is 19.0. The summed E-state index contributed by atoms with van der Waals surface area (Å²) in [6.45, 7) is 8.81. The second kappa shape index (κ2) is 8.87. The van der Waals surface area contributed by atoms with Crippen LogP contribution in [0, 0.1) is 5.92 Å². The highest BCUT2D eigenvalue weighted by Crippen LogP contribution is 2.09. The van der Waals surface area contributed by atoms with Gasteiger partial charge in [-0.1, -0.05) is 20.3 Å². The zero-order valence-corrected chi connectivity index (χ0v) is 13.4. The fourth-order valence-electron chi connectivity index (χ4n) is 2.69. The lowest BCUT2D eigenvalue weighted by Crippen LogP contribution is -2.51. The average Bonchev–Trinajstić information content (AvgIpc) is 2.38. The minimum atomic E-state index is -0.984. The van der Waals surface area contributed by atoms with Gasteiger partial charge in [0.25, 0.3) is 0 Å². The predicted molar refractivity (Wildman–Crippen MR) is 82.3 cm³/mol. The van der Waals surface area contributed by atoms with Crippen LogP contribution in [0.5, 0.6) is 0 Å². The maximum atomic E-state index is 11.9. The number of hydrogen-bond acceptors (Lipinski definition) is 3. The van der Waals surface area contributed by atoms with Crippen molar-refractivity contribution in [1.82, 2.24) is 15.5 Å². The van der Waals surface area contributed by atoms with Crippen LogP contribution in [0.4, 0.5) is 4.79 Å². The van der Waals surface area contributed by atoms with E-state index >= 15 is 0 Å². The standard InChI is InChI=1S/C15H29N3O3/c1-11(2)9-13(14(19)20)17-15(21)16-12(3)10-18-7-5-4-6-8-18/h11-13H,4-10H2,1-3H3,(H,19,20)(H2,16,17,21)/t12?,13-/m1/s1. The van der Waals surface area contributed by atoms with Crippen molar-refractivity contribution in [3.05, 3.63) is 0 Å². The molecule has 0 saturated carbocycles. The van der Waals surface area contributed by atoms with E-state index in [0.717, 1.165) is 19.6 Å². The third kappa shape index (κ3) is 7.32. The van der Waals surface area contributed by atoms with Crippen molar-refractivity contribution in [2.24, 2.45) is 5.92 Å². The number of urea groups is 1. The fourth-order valence-corrected chi connectivity index (χ4v) is 2.69. The lowest BCUT2D eigenvalue weighted by molar-refractivity contribution is -0.139. The van der Waals surface area contributed by atoms with E-state index in [-0.39, 0.29) is 12.0 Å². The van der Waals surface area contributed by atoms with Gasteiger partial charge in [0.2, 0.25) is 0 Å². The average molecular weight is 299 g/mol. The highest BCUT2D eigenvalue weighted by Gasteiger charge is 2.22. The van der Waals surface area contributed by atoms with Crippen LogP contribution in [0.3, 0.4) is 0 Å². The summed E-state index contributed by atoms with van der Waals surface area (Å²) in [5.74, 6) is -0.764. The van der Waals surface area contributed by atoms with E-state index in [1.165, 1.54) is 19.3 Å². The van der Waals surface area contributed by atoms with E-state index in [1.54, 1.807) is 0 Å². The Kier molecular flexibility index (Phi) is 7.50. The van der Waals surface area contributed by atoms with Crippen LogP contribution in [0.1, 0.15) is 46.5 Å². The van der Waals surface area contributed by atoms with Crippen molar-refractivity contribution in [2.75, 3.05) is 19.6 Å². The van der Waals surface area contributed by atoms with Crippen LogP contribution in [0.2, 0.25) is 0 Å². The van der Waals surface area contributed by atoms with Crippen LogP contribution in [-0.2, 0) is 4.79 Å². The Morgan fingerprint density at radius 2 is 1.71 bits per heavy atom. The molecule has 0 radical (unpaired) electrons. The molecule has 1 aliphatic rings. The third-order valence-electron chi connectivity index (χ3n) is 3.67. The number of amides is 2. The maximum absolute atomic E-state index is 11.9. The Bertz CT molecular complexity index is 341. The van der Waals surface area contributed by atoms with E-state index in [2.05, 4.69) is 15.5 Å². The first-order valence-electron chi connectivity index (χ1n) is 7.90. The number of rotatable bonds is 7. The van der Waals surface area contributed by atoms with Crippen molar-refractivity contribution in [3.8, 4) is 0 Å². The highest BCUT2D eigenvalue weighted by molar-refractivity contribution is 5.82. The van der Waals surface area contributed by atoms with Crippen molar-refractivity contribution < 1.29 is 14.7 Å². The molecule has 2 atom stereocenters. The Morgan fingerprint density at radius 1 is 1.10 bits per heavy atom. The molecule has 122 valence electrons. The number of aliphatic carboxylic acids is 1. The number of nitrogens with zero attached hydrogens (tertiary/aromatic N) is 1. The van der Waals surface area contributed by atoms with Gasteiger partial charge in [-0.2, -0.15) is 0 Å². The van der Waals surface area contributed by atoms with Crippen molar-refractivity contribution in [1.29, 1.82) is 0 Å². The minimum absolute atomic E-state index is 0.0107. The SMILES string of the molecule is CC(C)C[C@@H](NC(=O)NC(C)CN1CCCCC1)C(=O)O. The molecule has 0 aromatic heterocycles. The second-order valence-corrected chi connectivity index (χ2v) is 6.40. The molecule has 0 bridgehead atoms. The van der Waals surface area contributed by atoms with Crippen LogP contribution in [0.25, 0.3) is 0 Å². The summed E-state index contributed by atoms with van der Waals surface area (Å²) in [5, 5.41) is 14.5. The molecule has 0 spiro atoms. The number of hydrogen-bond donors (Lipinski definition) is 3. The number of likely N-dealkylation sites (tertiary alicyclic amines) is 1. The summed E-state index contributed by atoms with van der Waals surface area (Å²) in [6.07, 6.45) is 4.15. The van der Waals surface area contributed by atoms with Gasteiger partial charge in [-0.3, -0.25) is 0 Å². The first-order chi connectivity index (χ1) is 9.88. The number of piperidine rings is 1. The molecule has 1 heterocycles.